The normalized spacial score (nSPS) is 15.6. The third kappa shape index (κ3) is 5.49. The number of carbonyl (C=O) groups is 1. The number of primary amides is 1. The van der Waals surface area contributed by atoms with Crippen LogP contribution in [0.15, 0.2) is 42.9 Å². The summed E-state index contributed by atoms with van der Waals surface area (Å²) in [7, 11) is 0. The number of nitrogens with two attached hydrogens (primary N) is 1. The molecule has 182 valence electrons. The fourth-order valence-corrected chi connectivity index (χ4v) is 4.57. The van der Waals surface area contributed by atoms with Gasteiger partial charge in [0.25, 0.3) is 0 Å². The van der Waals surface area contributed by atoms with Crippen LogP contribution < -0.4 is 10.6 Å². The summed E-state index contributed by atoms with van der Waals surface area (Å²) < 4.78 is 40.8. The molecule has 0 saturated carbocycles. The maximum Gasteiger partial charge on any atom is 0.416 e. The number of alkyl halides is 3. The van der Waals surface area contributed by atoms with E-state index in [0.717, 1.165) is 67.0 Å². The molecule has 2 aromatic heterocycles. The van der Waals surface area contributed by atoms with Gasteiger partial charge < -0.3 is 15.2 Å². The summed E-state index contributed by atoms with van der Waals surface area (Å²) in [5, 5.41) is 0.919. The molecule has 0 atom stereocenters. The van der Waals surface area contributed by atoms with Crippen molar-refractivity contribution < 1.29 is 18.0 Å². The molecule has 0 radical (unpaired) electrons. The Morgan fingerprint density at radius 3 is 2.47 bits per heavy atom. The van der Waals surface area contributed by atoms with Crippen LogP contribution in [-0.2, 0) is 24.1 Å². The molecule has 0 spiro atoms. The Bertz CT molecular complexity index is 1120. The van der Waals surface area contributed by atoms with E-state index in [9.17, 15) is 18.0 Å². The predicted octanol–water partition coefficient (Wildman–Crippen LogP) is 3.67. The van der Waals surface area contributed by atoms with Gasteiger partial charge in [0.2, 0.25) is 5.91 Å². The first-order valence-corrected chi connectivity index (χ1v) is 11.5. The summed E-state index contributed by atoms with van der Waals surface area (Å²) in [6.45, 7) is 5.93. The maximum atomic E-state index is 12.9. The van der Waals surface area contributed by atoms with E-state index in [1.165, 1.54) is 12.1 Å². The Labute approximate surface area is 196 Å². The number of carbonyl (C=O) groups excluding carboxylic acids is 1. The monoisotopic (exact) mass is 474 g/mol. The molecule has 7 nitrogen and oxygen atoms in total. The molecule has 2 N–H and O–H groups in total. The van der Waals surface area contributed by atoms with Gasteiger partial charge in [0.1, 0.15) is 17.8 Å². The molecule has 1 amide bonds. The molecule has 0 bridgehead atoms. The van der Waals surface area contributed by atoms with Gasteiger partial charge >= 0.3 is 6.18 Å². The number of fused-ring (bicyclic) bond motifs is 1. The third-order valence-corrected chi connectivity index (χ3v) is 6.41. The van der Waals surface area contributed by atoms with Crippen LogP contribution in [0.1, 0.15) is 30.9 Å². The van der Waals surface area contributed by atoms with E-state index in [2.05, 4.69) is 19.4 Å². The smallest absolute Gasteiger partial charge is 0.369 e. The summed E-state index contributed by atoms with van der Waals surface area (Å²) in [5.74, 6) is 0.950. The van der Waals surface area contributed by atoms with Crippen molar-refractivity contribution in [2.24, 2.45) is 11.7 Å². The van der Waals surface area contributed by atoms with E-state index >= 15 is 0 Å². The predicted molar refractivity (Wildman–Crippen MR) is 124 cm³/mol. The van der Waals surface area contributed by atoms with Crippen molar-refractivity contribution in [3.8, 4) is 0 Å². The standard InChI is InChI=1S/C24H29F3N6O/c1-2-32(13-17-3-5-19(6-4-17)24(25,26)27)22-20-9-12-33(23(20)30-16-29-22)14-18-7-10-31(11-8-18)15-21(28)34/h3-6,9,12,16,18H,2,7-8,10-11,13-15H2,1H3,(H2,28,34). The zero-order valence-corrected chi connectivity index (χ0v) is 19.1. The van der Waals surface area contributed by atoms with E-state index in [1.807, 2.05) is 24.1 Å². The number of benzene rings is 1. The van der Waals surface area contributed by atoms with Gasteiger partial charge in [-0.05, 0) is 62.5 Å². The van der Waals surface area contributed by atoms with Gasteiger partial charge in [-0.3, -0.25) is 9.69 Å². The van der Waals surface area contributed by atoms with E-state index in [0.29, 0.717) is 25.6 Å². The quantitative estimate of drug-likeness (QED) is 0.539. The van der Waals surface area contributed by atoms with Crippen molar-refractivity contribution in [3.05, 3.63) is 54.0 Å². The Balaban J connectivity index is 1.48. The molecule has 34 heavy (non-hydrogen) atoms. The van der Waals surface area contributed by atoms with Crippen molar-refractivity contribution in [1.29, 1.82) is 0 Å². The number of likely N-dealkylation sites (tertiary alicyclic amines) is 1. The number of hydrogen-bond donors (Lipinski definition) is 1. The number of nitrogens with zero attached hydrogens (tertiary/aromatic N) is 5. The SMILES string of the molecule is CCN(Cc1ccc(C(F)(F)F)cc1)c1ncnc2c1ccn2CC1CCN(CC(N)=O)CC1. The second-order valence-corrected chi connectivity index (χ2v) is 8.80. The zero-order valence-electron chi connectivity index (χ0n) is 19.1. The average Bonchev–Trinajstić information content (AvgIpc) is 3.21. The molecular formula is C24H29F3N6O. The lowest BCUT2D eigenvalue weighted by atomic mass is 9.96. The van der Waals surface area contributed by atoms with Gasteiger partial charge in [0.15, 0.2) is 0 Å². The Morgan fingerprint density at radius 2 is 1.85 bits per heavy atom. The molecule has 1 saturated heterocycles. The van der Waals surface area contributed by atoms with Crippen LogP contribution in [-0.4, -0.2) is 51.5 Å². The van der Waals surface area contributed by atoms with Crippen LogP contribution in [0, 0.1) is 5.92 Å². The summed E-state index contributed by atoms with van der Waals surface area (Å²) in [6, 6.07) is 7.26. The molecule has 1 aliphatic heterocycles. The van der Waals surface area contributed by atoms with E-state index in [-0.39, 0.29) is 5.91 Å². The highest BCUT2D eigenvalue weighted by Gasteiger charge is 2.30. The van der Waals surface area contributed by atoms with Gasteiger partial charge in [0, 0.05) is 25.8 Å². The average molecular weight is 475 g/mol. The molecule has 1 aromatic carbocycles. The first kappa shape index (κ1) is 24.0. The molecule has 3 aromatic rings. The maximum absolute atomic E-state index is 12.9. The molecule has 3 heterocycles. The van der Waals surface area contributed by atoms with Crippen LogP contribution in [0.25, 0.3) is 11.0 Å². The number of piperidine rings is 1. The van der Waals surface area contributed by atoms with Crippen molar-refractivity contribution >= 4 is 22.8 Å². The van der Waals surface area contributed by atoms with Crippen molar-refractivity contribution in [3.63, 3.8) is 0 Å². The zero-order chi connectivity index (χ0) is 24.3. The molecular weight excluding hydrogens is 445 g/mol. The minimum Gasteiger partial charge on any atom is -0.369 e. The van der Waals surface area contributed by atoms with Crippen molar-refractivity contribution in [1.82, 2.24) is 19.4 Å². The second kappa shape index (κ2) is 10.0. The minimum atomic E-state index is -4.34. The molecule has 1 aliphatic rings. The highest BCUT2D eigenvalue weighted by atomic mass is 19.4. The topological polar surface area (TPSA) is 80.3 Å². The number of amides is 1. The van der Waals surface area contributed by atoms with Crippen LogP contribution in [0.5, 0.6) is 0 Å². The summed E-state index contributed by atoms with van der Waals surface area (Å²) in [5.41, 5.74) is 6.28. The van der Waals surface area contributed by atoms with Crippen LogP contribution in [0.3, 0.4) is 0 Å². The molecule has 1 fully saturated rings. The molecule has 0 aliphatic carbocycles. The lowest BCUT2D eigenvalue weighted by molar-refractivity contribution is -0.137. The first-order chi connectivity index (χ1) is 16.2. The van der Waals surface area contributed by atoms with Crippen LogP contribution >= 0.6 is 0 Å². The number of anilines is 1. The lowest BCUT2D eigenvalue weighted by Crippen LogP contribution is -2.40. The minimum absolute atomic E-state index is 0.296. The third-order valence-electron chi connectivity index (χ3n) is 6.41. The van der Waals surface area contributed by atoms with Gasteiger partial charge in [0.05, 0.1) is 17.5 Å². The van der Waals surface area contributed by atoms with Crippen LogP contribution in [0.4, 0.5) is 19.0 Å². The number of rotatable bonds is 8. The van der Waals surface area contributed by atoms with E-state index in [4.69, 9.17) is 5.73 Å². The number of hydrogen-bond acceptors (Lipinski definition) is 5. The highest BCUT2D eigenvalue weighted by molar-refractivity contribution is 5.87. The van der Waals surface area contributed by atoms with Gasteiger partial charge in [-0.1, -0.05) is 12.1 Å². The fraction of sp³-hybridized carbons (Fsp3) is 0.458. The number of halogens is 3. The second-order valence-electron chi connectivity index (χ2n) is 8.80. The molecule has 4 rings (SSSR count). The molecule has 10 heteroatoms. The Kier molecular flexibility index (Phi) is 7.06. The first-order valence-electron chi connectivity index (χ1n) is 11.5. The lowest BCUT2D eigenvalue weighted by Gasteiger charge is -2.31. The highest BCUT2D eigenvalue weighted by Crippen LogP contribution is 2.30. The van der Waals surface area contributed by atoms with E-state index in [1.54, 1.807) is 6.33 Å². The molecule has 0 unspecified atom stereocenters. The Morgan fingerprint density at radius 1 is 1.15 bits per heavy atom. The summed E-state index contributed by atoms with van der Waals surface area (Å²) in [6.07, 6.45) is 1.19. The van der Waals surface area contributed by atoms with Gasteiger partial charge in [-0.25, -0.2) is 9.97 Å². The van der Waals surface area contributed by atoms with E-state index < -0.39 is 11.7 Å². The largest absolute Gasteiger partial charge is 0.416 e. The number of aromatic nitrogens is 3. The van der Waals surface area contributed by atoms with Gasteiger partial charge in [-0.2, -0.15) is 13.2 Å². The fourth-order valence-electron chi connectivity index (χ4n) is 4.57. The van der Waals surface area contributed by atoms with Crippen LogP contribution in [0.2, 0.25) is 0 Å². The summed E-state index contributed by atoms with van der Waals surface area (Å²) in [4.78, 5) is 24.3. The Hall–Kier alpha value is -3.14. The van der Waals surface area contributed by atoms with Crippen molar-refractivity contribution in [2.75, 3.05) is 31.1 Å². The van der Waals surface area contributed by atoms with Gasteiger partial charge in [-0.15, -0.1) is 0 Å². The summed E-state index contributed by atoms with van der Waals surface area (Å²) >= 11 is 0. The van der Waals surface area contributed by atoms with Crippen molar-refractivity contribution in [2.45, 2.75) is 39.0 Å².